The largest absolute Gasteiger partial charge is 0.378 e. The Morgan fingerprint density at radius 3 is 2.26 bits per heavy atom. The van der Waals surface area contributed by atoms with Crippen LogP contribution in [-0.4, -0.2) is 35.8 Å². The number of anilines is 2. The summed E-state index contributed by atoms with van der Waals surface area (Å²) in [5.74, 6) is -0.661. The number of aromatic nitrogens is 1. The van der Waals surface area contributed by atoms with E-state index in [4.69, 9.17) is 0 Å². The van der Waals surface area contributed by atoms with Crippen molar-refractivity contribution in [2.24, 2.45) is 0 Å². The Bertz CT molecular complexity index is 1130. The molecule has 0 bridgehead atoms. The number of rotatable bonds is 6. The summed E-state index contributed by atoms with van der Waals surface area (Å²) < 4.78 is 0. The SMILES string of the molecule is Cc1ccc(C2=C(Nc3ccc(N(C)C)cc3)C(=O)N(Cc3cccnc3)C2=O)cc1. The fourth-order valence-electron chi connectivity index (χ4n) is 3.49. The van der Waals surface area contributed by atoms with E-state index in [9.17, 15) is 9.59 Å². The molecule has 1 aliphatic rings. The van der Waals surface area contributed by atoms with Gasteiger partial charge in [-0.2, -0.15) is 0 Å². The number of imide groups is 1. The number of benzene rings is 2. The Balaban J connectivity index is 1.71. The number of amides is 2. The van der Waals surface area contributed by atoms with E-state index < -0.39 is 0 Å². The van der Waals surface area contributed by atoms with Crippen molar-refractivity contribution in [1.82, 2.24) is 9.88 Å². The van der Waals surface area contributed by atoms with Gasteiger partial charge in [0, 0.05) is 37.9 Å². The van der Waals surface area contributed by atoms with Crippen molar-refractivity contribution in [2.45, 2.75) is 13.5 Å². The maximum atomic E-state index is 13.3. The van der Waals surface area contributed by atoms with Crippen molar-refractivity contribution in [3.8, 4) is 0 Å². The summed E-state index contributed by atoms with van der Waals surface area (Å²) in [5.41, 5.74) is 5.05. The van der Waals surface area contributed by atoms with Crippen LogP contribution in [0.3, 0.4) is 0 Å². The number of nitrogens with zero attached hydrogens (tertiary/aromatic N) is 3. The van der Waals surface area contributed by atoms with Crippen LogP contribution in [0.4, 0.5) is 11.4 Å². The van der Waals surface area contributed by atoms with E-state index in [-0.39, 0.29) is 24.1 Å². The maximum absolute atomic E-state index is 13.3. The van der Waals surface area contributed by atoms with Gasteiger partial charge in [-0.25, -0.2) is 0 Å². The molecule has 0 fully saturated rings. The Morgan fingerprint density at radius 1 is 0.935 bits per heavy atom. The van der Waals surface area contributed by atoms with Gasteiger partial charge >= 0.3 is 0 Å². The first-order chi connectivity index (χ1) is 14.9. The molecule has 0 unspecified atom stereocenters. The summed E-state index contributed by atoms with van der Waals surface area (Å²) >= 11 is 0. The first-order valence-electron chi connectivity index (χ1n) is 10.0. The minimum atomic E-state index is -0.346. The third-order valence-electron chi connectivity index (χ3n) is 5.22. The van der Waals surface area contributed by atoms with E-state index in [1.54, 1.807) is 18.5 Å². The highest BCUT2D eigenvalue weighted by molar-refractivity contribution is 6.36. The molecule has 156 valence electrons. The van der Waals surface area contributed by atoms with Crippen LogP contribution < -0.4 is 10.2 Å². The minimum absolute atomic E-state index is 0.172. The monoisotopic (exact) mass is 412 g/mol. The second-order valence-electron chi connectivity index (χ2n) is 7.74. The molecule has 2 aromatic carbocycles. The second kappa shape index (κ2) is 8.44. The average molecular weight is 412 g/mol. The molecule has 3 aromatic rings. The number of carbonyl (C=O) groups is 2. The number of nitrogens with one attached hydrogen (secondary N) is 1. The Morgan fingerprint density at radius 2 is 1.65 bits per heavy atom. The molecule has 4 rings (SSSR count). The van der Waals surface area contributed by atoms with Gasteiger partial charge in [0.05, 0.1) is 12.1 Å². The fourth-order valence-corrected chi connectivity index (χ4v) is 3.49. The lowest BCUT2D eigenvalue weighted by atomic mass is 10.0. The normalized spacial score (nSPS) is 13.7. The molecule has 0 atom stereocenters. The number of aryl methyl sites for hydroxylation is 1. The van der Waals surface area contributed by atoms with Crippen LogP contribution in [0.25, 0.3) is 5.57 Å². The van der Waals surface area contributed by atoms with Gasteiger partial charge in [-0.15, -0.1) is 0 Å². The van der Waals surface area contributed by atoms with Crippen molar-refractivity contribution < 1.29 is 9.59 Å². The molecule has 6 nitrogen and oxygen atoms in total. The molecular weight excluding hydrogens is 388 g/mol. The Hall–Kier alpha value is -3.93. The van der Waals surface area contributed by atoms with Gasteiger partial charge < -0.3 is 10.2 Å². The van der Waals surface area contributed by atoms with E-state index in [1.165, 1.54) is 4.90 Å². The van der Waals surface area contributed by atoms with Gasteiger partial charge in [-0.1, -0.05) is 35.9 Å². The highest BCUT2D eigenvalue weighted by Crippen LogP contribution is 2.32. The molecule has 6 heteroatoms. The van der Waals surface area contributed by atoms with Crippen molar-refractivity contribution >= 4 is 28.8 Å². The summed E-state index contributed by atoms with van der Waals surface area (Å²) in [7, 11) is 3.94. The van der Waals surface area contributed by atoms with Crippen LogP contribution in [0, 0.1) is 6.92 Å². The van der Waals surface area contributed by atoms with Gasteiger partial charge in [0.1, 0.15) is 5.70 Å². The number of hydrogen-bond donors (Lipinski definition) is 1. The summed E-state index contributed by atoms with van der Waals surface area (Å²) in [4.78, 5) is 34.0. The van der Waals surface area contributed by atoms with Crippen molar-refractivity contribution in [2.75, 3.05) is 24.3 Å². The lowest BCUT2D eigenvalue weighted by Gasteiger charge is -2.16. The zero-order chi connectivity index (χ0) is 22.0. The summed E-state index contributed by atoms with van der Waals surface area (Å²) in [6.07, 6.45) is 3.33. The first kappa shape index (κ1) is 20.3. The molecule has 2 amide bonds. The zero-order valence-corrected chi connectivity index (χ0v) is 17.8. The Kier molecular flexibility index (Phi) is 5.54. The molecule has 0 saturated carbocycles. The molecular formula is C25H24N4O2. The average Bonchev–Trinajstić information content (AvgIpc) is 3.00. The molecule has 0 spiro atoms. The van der Waals surface area contributed by atoms with Crippen LogP contribution in [-0.2, 0) is 16.1 Å². The molecule has 1 N–H and O–H groups in total. The molecule has 31 heavy (non-hydrogen) atoms. The van der Waals surface area contributed by atoms with E-state index in [2.05, 4.69) is 10.3 Å². The van der Waals surface area contributed by atoms with Crippen LogP contribution >= 0.6 is 0 Å². The van der Waals surface area contributed by atoms with Gasteiger partial charge in [0.25, 0.3) is 11.8 Å². The quantitative estimate of drug-likeness (QED) is 0.623. The summed E-state index contributed by atoms with van der Waals surface area (Å²) in [6, 6.07) is 19.0. The highest BCUT2D eigenvalue weighted by atomic mass is 16.2. The van der Waals surface area contributed by atoms with Crippen LogP contribution in [0.5, 0.6) is 0 Å². The van der Waals surface area contributed by atoms with Crippen LogP contribution in [0.1, 0.15) is 16.7 Å². The van der Waals surface area contributed by atoms with E-state index in [1.807, 2.05) is 80.5 Å². The van der Waals surface area contributed by atoms with Gasteiger partial charge in [-0.3, -0.25) is 19.5 Å². The van der Waals surface area contributed by atoms with Gasteiger partial charge in [0.15, 0.2) is 0 Å². The lowest BCUT2D eigenvalue weighted by Crippen LogP contribution is -2.32. The number of hydrogen-bond acceptors (Lipinski definition) is 5. The molecule has 0 radical (unpaired) electrons. The molecule has 0 aliphatic carbocycles. The van der Waals surface area contributed by atoms with Crippen LogP contribution in [0.2, 0.25) is 0 Å². The smallest absolute Gasteiger partial charge is 0.278 e. The predicted octanol–water partition coefficient (Wildman–Crippen LogP) is 3.85. The lowest BCUT2D eigenvalue weighted by molar-refractivity contribution is -0.137. The van der Waals surface area contributed by atoms with Gasteiger partial charge in [-0.05, 0) is 48.4 Å². The number of carbonyl (C=O) groups excluding carboxylic acids is 2. The number of pyridine rings is 1. The Labute approximate surface area is 181 Å². The van der Waals surface area contributed by atoms with E-state index in [0.29, 0.717) is 11.1 Å². The van der Waals surface area contributed by atoms with Crippen molar-refractivity contribution in [3.05, 3.63) is 95.4 Å². The standard InChI is InChI=1S/C25H24N4O2/c1-17-6-8-19(9-7-17)22-23(27-20-10-12-21(13-11-20)28(2)3)25(31)29(24(22)30)16-18-5-4-14-26-15-18/h4-15,27H,16H2,1-3H3. The molecule has 1 aliphatic heterocycles. The molecule has 1 aromatic heterocycles. The van der Waals surface area contributed by atoms with Crippen LogP contribution in [0.15, 0.2) is 78.8 Å². The van der Waals surface area contributed by atoms with E-state index in [0.717, 1.165) is 22.5 Å². The van der Waals surface area contributed by atoms with Crippen molar-refractivity contribution in [1.29, 1.82) is 0 Å². The third kappa shape index (κ3) is 4.19. The fraction of sp³-hybridized carbons (Fsp3) is 0.160. The summed E-state index contributed by atoms with van der Waals surface area (Å²) in [6.45, 7) is 2.16. The predicted molar refractivity (Wildman–Crippen MR) is 122 cm³/mol. The van der Waals surface area contributed by atoms with Crippen molar-refractivity contribution in [3.63, 3.8) is 0 Å². The second-order valence-corrected chi connectivity index (χ2v) is 7.74. The molecule has 0 saturated heterocycles. The maximum Gasteiger partial charge on any atom is 0.278 e. The van der Waals surface area contributed by atoms with Gasteiger partial charge in [0.2, 0.25) is 0 Å². The van der Waals surface area contributed by atoms with E-state index >= 15 is 0 Å². The first-order valence-corrected chi connectivity index (χ1v) is 10.0. The zero-order valence-electron chi connectivity index (χ0n) is 17.8. The minimum Gasteiger partial charge on any atom is -0.378 e. The topological polar surface area (TPSA) is 65.5 Å². The highest BCUT2D eigenvalue weighted by Gasteiger charge is 2.39. The summed E-state index contributed by atoms with van der Waals surface area (Å²) in [5, 5.41) is 3.20. The third-order valence-corrected chi connectivity index (χ3v) is 5.22. The molecule has 2 heterocycles.